The number of pyridine rings is 1. The minimum Gasteiger partial charge on any atom is -0.493 e. The predicted molar refractivity (Wildman–Crippen MR) is 102 cm³/mol. The molecule has 0 unspecified atom stereocenters. The van der Waals surface area contributed by atoms with Crippen molar-refractivity contribution in [1.82, 2.24) is 9.97 Å². The Hall–Kier alpha value is -2.45. The van der Waals surface area contributed by atoms with E-state index in [-0.39, 0.29) is 6.42 Å². The molecule has 1 aromatic carbocycles. The van der Waals surface area contributed by atoms with Gasteiger partial charge in [0.15, 0.2) is 17.2 Å². The highest BCUT2D eigenvalue weighted by Crippen LogP contribution is 2.33. The molecule has 0 aliphatic carbocycles. The van der Waals surface area contributed by atoms with E-state index < -0.39 is 5.97 Å². The van der Waals surface area contributed by atoms with Gasteiger partial charge in [-0.2, -0.15) is 0 Å². The number of benzene rings is 1. The highest BCUT2D eigenvalue weighted by Gasteiger charge is 2.14. The van der Waals surface area contributed by atoms with Crippen molar-refractivity contribution in [3.8, 4) is 27.8 Å². The smallest absolute Gasteiger partial charge is 0.317 e. The van der Waals surface area contributed by atoms with Gasteiger partial charge in [0.05, 0.1) is 26.3 Å². The number of methoxy groups -OCH3 is 2. The number of nitrogens with zero attached hydrogens (tertiary/aromatic N) is 2. The van der Waals surface area contributed by atoms with Crippen LogP contribution in [0.25, 0.3) is 10.6 Å². The lowest BCUT2D eigenvalue weighted by atomic mass is 10.2. The summed E-state index contributed by atoms with van der Waals surface area (Å²) < 4.78 is 16.3. The molecule has 8 heteroatoms. The number of aromatic nitrogens is 2. The van der Waals surface area contributed by atoms with Crippen LogP contribution < -0.4 is 14.2 Å². The van der Waals surface area contributed by atoms with Gasteiger partial charge >= 0.3 is 5.97 Å². The third-order valence-electron chi connectivity index (χ3n) is 3.46. The molecule has 0 N–H and O–H groups in total. The van der Waals surface area contributed by atoms with Gasteiger partial charge in [-0.3, -0.25) is 4.79 Å². The first-order valence-corrected chi connectivity index (χ1v) is 9.26. The number of hydrogen-bond acceptors (Lipinski definition) is 7. The van der Waals surface area contributed by atoms with Crippen LogP contribution in [-0.4, -0.2) is 30.2 Å². The van der Waals surface area contributed by atoms with Crippen molar-refractivity contribution in [3.05, 3.63) is 52.2 Å². The molecule has 0 saturated carbocycles. The fourth-order valence-electron chi connectivity index (χ4n) is 2.24. The first-order valence-electron chi connectivity index (χ1n) is 7.58. The van der Waals surface area contributed by atoms with Gasteiger partial charge in [0.2, 0.25) is 0 Å². The van der Waals surface area contributed by atoms with E-state index in [0.717, 1.165) is 10.6 Å². The van der Waals surface area contributed by atoms with Gasteiger partial charge in [-0.15, -0.1) is 11.3 Å². The number of carbonyl (C=O) groups is 1. The second-order valence-corrected chi connectivity index (χ2v) is 6.77. The van der Waals surface area contributed by atoms with E-state index in [1.165, 1.54) is 11.3 Å². The topological polar surface area (TPSA) is 70.5 Å². The van der Waals surface area contributed by atoms with E-state index in [0.29, 0.717) is 27.5 Å². The first-order chi connectivity index (χ1) is 12.6. The zero-order valence-corrected chi connectivity index (χ0v) is 16.5. The summed E-state index contributed by atoms with van der Waals surface area (Å²) in [7, 11) is 3.17. The Labute approximate surface area is 162 Å². The number of rotatable bonds is 6. The van der Waals surface area contributed by atoms with E-state index >= 15 is 0 Å². The molecule has 0 atom stereocenters. The quantitative estimate of drug-likeness (QED) is 0.428. The zero-order valence-electron chi connectivity index (χ0n) is 14.1. The zero-order chi connectivity index (χ0) is 18.5. The Morgan fingerprint density at radius 1 is 1.15 bits per heavy atom. The standard InChI is InChI=1S/C18H15BrN2O4S/c1-23-13-6-5-11(8-15(13)24-2)18-21-12(10-26-18)9-16(22)25-14-4-3-7-20-17(14)19/h3-8,10H,9H2,1-2H3. The molecule has 0 bridgehead atoms. The molecule has 2 aromatic heterocycles. The molecule has 0 spiro atoms. The maximum Gasteiger partial charge on any atom is 0.317 e. The van der Waals surface area contributed by atoms with Crippen LogP contribution in [0.2, 0.25) is 0 Å². The Kier molecular flexibility index (Phi) is 5.85. The minimum absolute atomic E-state index is 0.0745. The van der Waals surface area contributed by atoms with E-state index in [2.05, 4.69) is 25.9 Å². The van der Waals surface area contributed by atoms with Crippen molar-refractivity contribution >= 4 is 33.2 Å². The van der Waals surface area contributed by atoms with Crippen LogP contribution in [0.5, 0.6) is 17.2 Å². The Morgan fingerprint density at radius 2 is 1.96 bits per heavy atom. The molecule has 0 saturated heterocycles. The van der Waals surface area contributed by atoms with Crippen LogP contribution >= 0.6 is 27.3 Å². The molecule has 0 aliphatic rings. The van der Waals surface area contributed by atoms with E-state index in [4.69, 9.17) is 14.2 Å². The average molecular weight is 435 g/mol. The van der Waals surface area contributed by atoms with Gasteiger partial charge < -0.3 is 14.2 Å². The summed E-state index contributed by atoms with van der Waals surface area (Å²) in [5.74, 6) is 1.26. The Morgan fingerprint density at radius 3 is 2.69 bits per heavy atom. The fourth-order valence-corrected chi connectivity index (χ4v) is 3.39. The molecule has 2 heterocycles. The molecule has 6 nitrogen and oxygen atoms in total. The number of ether oxygens (including phenoxy) is 3. The van der Waals surface area contributed by atoms with Crippen LogP contribution in [0.4, 0.5) is 0 Å². The van der Waals surface area contributed by atoms with E-state index in [1.807, 2.05) is 23.6 Å². The summed E-state index contributed by atoms with van der Waals surface area (Å²) in [5.41, 5.74) is 1.53. The number of esters is 1. The van der Waals surface area contributed by atoms with Crippen molar-refractivity contribution in [2.75, 3.05) is 14.2 Å². The first kappa shape index (κ1) is 18.3. The third kappa shape index (κ3) is 4.20. The summed E-state index contributed by atoms with van der Waals surface area (Å²) >= 11 is 4.70. The van der Waals surface area contributed by atoms with Gasteiger partial charge in [-0.1, -0.05) is 0 Å². The predicted octanol–water partition coefficient (Wildman–Crippen LogP) is 4.13. The fraction of sp³-hybridized carbons (Fsp3) is 0.167. The van der Waals surface area contributed by atoms with Crippen molar-refractivity contribution < 1.29 is 19.0 Å². The second-order valence-electron chi connectivity index (χ2n) is 5.16. The van der Waals surface area contributed by atoms with E-state index in [9.17, 15) is 4.79 Å². The second kappa shape index (κ2) is 8.29. The van der Waals surface area contributed by atoms with Crippen LogP contribution in [0.15, 0.2) is 46.5 Å². The van der Waals surface area contributed by atoms with Crippen molar-refractivity contribution in [2.24, 2.45) is 0 Å². The van der Waals surface area contributed by atoms with Crippen LogP contribution in [0.3, 0.4) is 0 Å². The molecular formula is C18H15BrN2O4S. The summed E-state index contributed by atoms with van der Waals surface area (Å²) in [4.78, 5) is 20.6. The Balaban J connectivity index is 1.72. The molecule has 26 heavy (non-hydrogen) atoms. The van der Waals surface area contributed by atoms with Crippen LogP contribution in [0.1, 0.15) is 5.69 Å². The summed E-state index contributed by atoms with van der Waals surface area (Å²) in [6, 6.07) is 8.95. The van der Waals surface area contributed by atoms with Gasteiger partial charge in [-0.05, 0) is 46.3 Å². The van der Waals surface area contributed by atoms with Crippen LogP contribution in [0, 0.1) is 0 Å². The average Bonchev–Trinajstić information content (AvgIpc) is 3.11. The van der Waals surface area contributed by atoms with E-state index in [1.54, 1.807) is 32.5 Å². The van der Waals surface area contributed by atoms with Crippen molar-refractivity contribution in [3.63, 3.8) is 0 Å². The highest BCUT2D eigenvalue weighted by atomic mass is 79.9. The highest BCUT2D eigenvalue weighted by molar-refractivity contribution is 9.10. The number of halogens is 1. The van der Waals surface area contributed by atoms with Gasteiger partial charge in [0, 0.05) is 17.1 Å². The molecule has 0 aliphatic heterocycles. The van der Waals surface area contributed by atoms with Gasteiger partial charge in [-0.25, -0.2) is 9.97 Å². The van der Waals surface area contributed by atoms with Crippen molar-refractivity contribution in [1.29, 1.82) is 0 Å². The molecule has 0 amide bonds. The minimum atomic E-state index is -0.400. The lowest BCUT2D eigenvalue weighted by Crippen LogP contribution is -2.12. The maximum atomic E-state index is 12.1. The molecule has 0 fully saturated rings. The normalized spacial score (nSPS) is 10.4. The lowest BCUT2D eigenvalue weighted by Gasteiger charge is -2.08. The molecule has 0 radical (unpaired) electrons. The monoisotopic (exact) mass is 434 g/mol. The number of thiazole rings is 1. The Bertz CT molecular complexity index is 929. The largest absolute Gasteiger partial charge is 0.493 e. The van der Waals surface area contributed by atoms with Gasteiger partial charge in [0.1, 0.15) is 9.61 Å². The third-order valence-corrected chi connectivity index (χ3v) is 4.99. The summed E-state index contributed by atoms with van der Waals surface area (Å²) in [5, 5.41) is 2.63. The summed E-state index contributed by atoms with van der Waals surface area (Å²) in [6.07, 6.45) is 1.68. The molecule has 3 rings (SSSR count). The maximum absolute atomic E-state index is 12.1. The SMILES string of the molecule is COc1ccc(-c2nc(CC(=O)Oc3cccnc3Br)cs2)cc1OC. The van der Waals surface area contributed by atoms with Gasteiger partial charge in [0.25, 0.3) is 0 Å². The number of carbonyl (C=O) groups excluding carboxylic acids is 1. The lowest BCUT2D eigenvalue weighted by molar-refractivity contribution is -0.133. The molecule has 134 valence electrons. The molecule has 3 aromatic rings. The molecular weight excluding hydrogens is 420 g/mol. The summed E-state index contributed by atoms with van der Waals surface area (Å²) in [6.45, 7) is 0. The number of hydrogen-bond donors (Lipinski definition) is 0. The van der Waals surface area contributed by atoms with Crippen molar-refractivity contribution in [2.45, 2.75) is 6.42 Å². The van der Waals surface area contributed by atoms with Crippen LogP contribution in [-0.2, 0) is 11.2 Å².